The molecule has 0 aliphatic carbocycles. The maximum absolute atomic E-state index is 12.3. The van der Waals surface area contributed by atoms with Crippen LogP contribution in [-0.2, 0) is 9.59 Å². The van der Waals surface area contributed by atoms with E-state index in [1.807, 2.05) is 4.90 Å². The minimum atomic E-state index is 0.0613. The summed E-state index contributed by atoms with van der Waals surface area (Å²) in [6.07, 6.45) is 2.76. The zero-order valence-corrected chi connectivity index (χ0v) is 15.1. The van der Waals surface area contributed by atoms with Crippen LogP contribution in [0.3, 0.4) is 0 Å². The van der Waals surface area contributed by atoms with Crippen molar-refractivity contribution in [3.8, 4) is 0 Å². The van der Waals surface area contributed by atoms with Gasteiger partial charge in [0.05, 0.1) is 0 Å². The third-order valence-electron chi connectivity index (χ3n) is 5.58. The first-order valence-electron chi connectivity index (χ1n) is 9.44. The number of carbonyl (C=O) groups excluding carboxylic acids is 2. The molecule has 2 amide bonds. The van der Waals surface area contributed by atoms with Crippen LogP contribution < -0.4 is 5.32 Å². The summed E-state index contributed by atoms with van der Waals surface area (Å²) >= 11 is 0. The molecule has 0 unspecified atom stereocenters. The van der Waals surface area contributed by atoms with Crippen molar-refractivity contribution in [1.82, 2.24) is 15.1 Å². The highest BCUT2D eigenvalue weighted by molar-refractivity contribution is 5.79. The lowest BCUT2D eigenvalue weighted by Gasteiger charge is -2.30. The lowest BCUT2D eigenvalue weighted by atomic mass is 9.96. The Labute approximate surface area is 150 Å². The molecule has 5 nitrogen and oxygen atoms in total. The largest absolute Gasteiger partial charge is 0.355 e. The number of amides is 2. The van der Waals surface area contributed by atoms with Crippen LogP contribution in [0.2, 0.25) is 0 Å². The number of benzene rings is 1. The molecule has 0 spiro atoms. The summed E-state index contributed by atoms with van der Waals surface area (Å²) in [5.41, 5.74) is 1.42. The topological polar surface area (TPSA) is 52.7 Å². The van der Waals surface area contributed by atoms with E-state index in [4.69, 9.17) is 0 Å². The van der Waals surface area contributed by atoms with Crippen molar-refractivity contribution in [2.75, 3.05) is 39.3 Å². The summed E-state index contributed by atoms with van der Waals surface area (Å²) in [7, 11) is 0. The summed E-state index contributed by atoms with van der Waals surface area (Å²) < 4.78 is 0. The van der Waals surface area contributed by atoms with Crippen LogP contribution in [0.25, 0.3) is 0 Å². The van der Waals surface area contributed by atoms with Gasteiger partial charge >= 0.3 is 0 Å². The first-order valence-corrected chi connectivity index (χ1v) is 9.44. The zero-order valence-electron chi connectivity index (χ0n) is 15.1. The van der Waals surface area contributed by atoms with Crippen LogP contribution in [0, 0.1) is 5.92 Å². The van der Waals surface area contributed by atoms with Gasteiger partial charge in [-0.05, 0) is 37.3 Å². The molecule has 0 bridgehead atoms. The number of hydrogen-bond donors (Lipinski definition) is 1. The van der Waals surface area contributed by atoms with E-state index in [1.54, 1.807) is 6.92 Å². The van der Waals surface area contributed by atoms with Gasteiger partial charge in [-0.15, -0.1) is 0 Å². The first kappa shape index (κ1) is 17.9. The molecule has 1 atom stereocenters. The molecule has 3 rings (SSSR count). The molecule has 0 radical (unpaired) electrons. The van der Waals surface area contributed by atoms with Crippen molar-refractivity contribution < 1.29 is 9.59 Å². The summed E-state index contributed by atoms with van der Waals surface area (Å²) in [5.74, 6) is 0.946. The van der Waals surface area contributed by atoms with E-state index in [-0.39, 0.29) is 17.7 Å². The standard InChI is InChI=1S/C20H29N3O2/c1-16(24)23-12-8-18(9-13-23)20(25)21-10-14-22-11-7-19(15-22)17-5-3-2-4-6-17/h2-6,18-19H,7-15H2,1H3,(H,21,25)/t19-/m1/s1. The molecule has 1 aromatic carbocycles. The molecule has 0 saturated carbocycles. The Hall–Kier alpha value is -1.88. The fraction of sp³-hybridized carbons (Fsp3) is 0.600. The van der Waals surface area contributed by atoms with Crippen LogP contribution in [0.4, 0.5) is 0 Å². The highest BCUT2D eigenvalue weighted by atomic mass is 16.2. The third kappa shape index (κ3) is 4.82. The normalized spacial score (nSPS) is 22.1. The highest BCUT2D eigenvalue weighted by Gasteiger charge is 2.26. The lowest BCUT2D eigenvalue weighted by Crippen LogP contribution is -2.43. The maximum atomic E-state index is 12.3. The molecule has 2 fully saturated rings. The highest BCUT2D eigenvalue weighted by Crippen LogP contribution is 2.26. The van der Waals surface area contributed by atoms with Gasteiger partial charge in [0.2, 0.25) is 11.8 Å². The van der Waals surface area contributed by atoms with Crippen molar-refractivity contribution in [2.24, 2.45) is 5.92 Å². The van der Waals surface area contributed by atoms with E-state index in [0.717, 1.165) is 32.5 Å². The molecular formula is C20H29N3O2. The van der Waals surface area contributed by atoms with E-state index in [2.05, 4.69) is 40.5 Å². The summed E-state index contributed by atoms with van der Waals surface area (Å²) in [6, 6.07) is 10.7. The minimum Gasteiger partial charge on any atom is -0.355 e. The minimum absolute atomic E-state index is 0.0613. The van der Waals surface area contributed by atoms with Gasteiger partial charge in [0.25, 0.3) is 0 Å². The van der Waals surface area contributed by atoms with Crippen LogP contribution in [0.5, 0.6) is 0 Å². The zero-order chi connectivity index (χ0) is 17.6. The van der Waals surface area contributed by atoms with Gasteiger partial charge in [0, 0.05) is 45.6 Å². The SMILES string of the molecule is CC(=O)N1CCC(C(=O)NCCN2CC[C@@H](c3ccccc3)C2)CC1. The van der Waals surface area contributed by atoms with Gasteiger partial charge in [0.15, 0.2) is 0 Å². The lowest BCUT2D eigenvalue weighted by molar-refractivity contribution is -0.133. The van der Waals surface area contributed by atoms with E-state index in [9.17, 15) is 9.59 Å². The Morgan fingerprint density at radius 1 is 1.08 bits per heavy atom. The second-order valence-electron chi connectivity index (χ2n) is 7.27. The van der Waals surface area contributed by atoms with E-state index in [1.165, 1.54) is 12.0 Å². The Bertz CT molecular complexity index is 582. The van der Waals surface area contributed by atoms with Crippen molar-refractivity contribution in [3.05, 3.63) is 35.9 Å². The van der Waals surface area contributed by atoms with Crippen molar-refractivity contribution in [3.63, 3.8) is 0 Å². The van der Waals surface area contributed by atoms with Crippen molar-refractivity contribution >= 4 is 11.8 Å². The van der Waals surface area contributed by atoms with Gasteiger partial charge in [-0.2, -0.15) is 0 Å². The molecule has 136 valence electrons. The molecule has 2 heterocycles. The Morgan fingerprint density at radius 2 is 1.80 bits per heavy atom. The number of nitrogens with zero attached hydrogens (tertiary/aromatic N) is 2. The average molecular weight is 343 g/mol. The Balaban J connectivity index is 1.35. The molecule has 0 aromatic heterocycles. The third-order valence-corrected chi connectivity index (χ3v) is 5.58. The Morgan fingerprint density at radius 3 is 2.48 bits per heavy atom. The number of carbonyl (C=O) groups is 2. The van der Waals surface area contributed by atoms with Gasteiger partial charge in [-0.25, -0.2) is 0 Å². The number of piperidine rings is 1. The molecular weight excluding hydrogens is 314 g/mol. The second-order valence-corrected chi connectivity index (χ2v) is 7.27. The fourth-order valence-electron chi connectivity index (χ4n) is 3.97. The van der Waals surface area contributed by atoms with E-state index < -0.39 is 0 Å². The van der Waals surface area contributed by atoms with Crippen LogP contribution in [-0.4, -0.2) is 60.9 Å². The quantitative estimate of drug-likeness (QED) is 0.888. The first-order chi connectivity index (χ1) is 12.1. The molecule has 5 heteroatoms. The van der Waals surface area contributed by atoms with Gasteiger partial charge < -0.3 is 15.1 Å². The molecule has 2 aliphatic heterocycles. The predicted molar refractivity (Wildman–Crippen MR) is 98.2 cm³/mol. The number of likely N-dealkylation sites (tertiary alicyclic amines) is 2. The van der Waals surface area contributed by atoms with Gasteiger partial charge in [-0.1, -0.05) is 30.3 Å². The summed E-state index contributed by atoms with van der Waals surface area (Å²) in [5, 5.41) is 3.09. The van der Waals surface area contributed by atoms with Gasteiger partial charge in [-0.3, -0.25) is 9.59 Å². The van der Waals surface area contributed by atoms with E-state index >= 15 is 0 Å². The van der Waals surface area contributed by atoms with Gasteiger partial charge in [0.1, 0.15) is 0 Å². The smallest absolute Gasteiger partial charge is 0.223 e. The monoisotopic (exact) mass is 343 g/mol. The predicted octanol–water partition coefficient (Wildman–Crippen LogP) is 1.85. The van der Waals surface area contributed by atoms with Crippen LogP contribution in [0.15, 0.2) is 30.3 Å². The maximum Gasteiger partial charge on any atom is 0.223 e. The van der Waals surface area contributed by atoms with Crippen molar-refractivity contribution in [1.29, 1.82) is 0 Å². The molecule has 1 N–H and O–H groups in total. The van der Waals surface area contributed by atoms with Crippen molar-refractivity contribution in [2.45, 2.75) is 32.1 Å². The Kier molecular flexibility index (Phi) is 6.08. The van der Waals surface area contributed by atoms with Crippen LogP contribution >= 0.6 is 0 Å². The second kappa shape index (κ2) is 8.48. The fourth-order valence-corrected chi connectivity index (χ4v) is 3.97. The molecule has 25 heavy (non-hydrogen) atoms. The average Bonchev–Trinajstić information content (AvgIpc) is 3.11. The number of hydrogen-bond acceptors (Lipinski definition) is 3. The molecule has 2 saturated heterocycles. The summed E-state index contributed by atoms with van der Waals surface area (Å²) in [4.78, 5) is 27.9. The molecule has 1 aromatic rings. The van der Waals surface area contributed by atoms with Crippen LogP contribution in [0.1, 0.15) is 37.7 Å². The number of rotatable bonds is 5. The number of nitrogens with one attached hydrogen (secondary N) is 1. The molecule has 2 aliphatic rings. The van der Waals surface area contributed by atoms with E-state index in [0.29, 0.717) is 25.6 Å². The summed E-state index contributed by atoms with van der Waals surface area (Å²) in [6.45, 7) is 6.83.